The highest BCUT2D eigenvalue weighted by molar-refractivity contribution is 5.96. The lowest BCUT2D eigenvalue weighted by molar-refractivity contribution is -0.493. The van der Waals surface area contributed by atoms with Gasteiger partial charge in [-0.05, 0) is 0 Å². The summed E-state index contributed by atoms with van der Waals surface area (Å²) in [6.45, 7) is 0. The van der Waals surface area contributed by atoms with Crippen molar-refractivity contribution < 1.29 is 14.9 Å². The van der Waals surface area contributed by atoms with Gasteiger partial charge in [0.25, 0.3) is 5.69 Å². The quantitative estimate of drug-likeness (QED) is 0.596. The minimum absolute atomic E-state index is 0.154. The number of fused-ring (bicyclic) bond motifs is 1. The van der Waals surface area contributed by atoms with Crippen LogP contribution in [0.15, 0.2) is 10.9 Å². The van der Waals surface area contributed by atoms with Gasteiger partial charge in [-0.1, -0.05) is 5.01 Å². The maximum absolute atomic E-state index is 11.2. The van der Waals surface area contributed by atoms with Crippen molar-refractivity contribution >= 4 is 28.1 Å². The van der Waals surface area contributed by atoms with Crippen LogP contribution in [0.25, 0.3) is 11.0 Å². The highest BCUT2D eigenvalue weighted by Gasteiger charge is 2.37. The van der Waals surface area contributed by atoms with Crippen LogP contribution in [-0.4, -0.2) is 31.9 Å². The number of nitrogens with one attached hydrogen (secondary N) is 2. The second-order valence-corrected chi connectivity index (χ2v) is 3.87. The SMILES string of the molecule is CN(c1c([N+](=O)[O-])cc2[nH]c(=O)[nH]c2c1[N+](=O)[O-])[N+](=O)[O-]. The fourth-order valence-corrected chi connectivity index (χ4v) is 1.85. The number of nitro groups is 3. The van der Waals surface area contributed by atoms with Crippen LogP contribution < -0.4 is 10.7 Å². The van der Waals surface area contributed by atoms with Crippen LogP contribution in [0.4, 0.5) is 17.1 Å². The number of aromatic nitrogens is 2. The van der Waals surface area contributed by atoms with Crippen molar-refractivity contribution in [3.8, 4) is 0 Å². The van der Waals surface area contributed by atoms with Crippen LogP contribution in [0.2, 0.25) is 0 Å². The number of benzene rings is 1. The fourth-order valence-electron chi connectivity index (χ4n) is 1.85. The maximum atomic E-state index is 11.2. The molecular weight excluding hydrogens is 292 g/mol. The smallest absolute Gasteiger partial charge is 0.305 e. The van der Waals surface area contributed by atoms with Crippen LogP contribution in [0, 0.1) is 30.3 Å². The number of imidazole rings is 1. The molecule has 1 heterocycles. The normalized spacial score (nSPS) is 10.5. The van der Waals surface area contributed by atoms with E-state index in [4.69, 9.17) is 0 Å². The number of hydrogen-bond acceptors (Lipinski definition) is 7. The topological polar surface area (TPSA) is 181 Å². The van der Waals surface area contributed by atoms with E-state index in [0.29, 0.717) is 0 Å². The molecule has 21 heavy (non-hydrogen) atoms. The zero-order valence-corrected chi connectivity index (χ0v) is 10.2. The van der Waals surface area contributed by atoms with Crippen LogP contribution in [0.5, 0.6) is 0 Å². The summed E-state index contributed by atoms with van der Waals surface area (Å²) in [7, 11) is 0.825. The van der Waals surface area contributed by atoms with Crippen LogP contribution in [0.1, 0.15) is 0 Å². The number of anilines is 1. The van der Waals surface area contributed by atoms with Crippen molar-refractivity contribution in [3.05, 3.63) is 46.9 Å². The Bertz CT molecular complexity index is 835. The first kappa shape index (κ1) is 13.9. The Morgan fingerprint density at radius 2 is 1.71 bits per heavy atom. The first-order valence-electron chi connectivity index (χ1n) is 5.19. The van der Waals surface area contributed by atoms with Crippen molar-refractivity contribution in [1.29, 1.82) is 0 Å². The highest BCUT2D eigenvalue weighted by atomic mass is 16.7. The Balaban J connectivity index is 3.02. The molecule has 13 nitrogen and oxygen atoms in total. The number of nitrogens with zero attached hydrogens (tertiary/aromatic N) is 4. The standard InChI is InChI=1S/C8H6N6O7/c1-11(14(20)21)6-4(12(16)17)2-3-5(7(6)13(18)19)10-8(15)9-3/h2H,1H3,(H2,9,10,15). The number of hydrazine groups is 1. The summed E-state index contributed by atoms with van der Waals surface area (Å²) in [5.41, 5.74) is -4.03. The summed E-state index contributed by atoms with van der Waals surface area (Å²) in [6.07, 6.45) is 0. The second-order valence-electron chi connectivity index (χ2n) is 3.87. The number of nitro benzene ring substituents is 2. The molecule has 0 fully saturated rings. The van der Waals surface area contributed by atoms with Crippen molar-refractivity contribution in [2.45, 2.75) is 0 Å². The third-order valence-corrected chi connectivity index (χ3v) is 2.69. The molecule has 13 heteroatoms. The van der Waals surface area contributed by atoms with Crippen LogP contribution in [-0.2, 0) is 0 Å². The molecule has 1 aromatic carbocycles. The summed E-state index contributed by atoms with van der Waals surface area (Å²) in [6, 6.07) is 0.815. The van der Waals surface area contributed by atoms with E-state index < -0.39 is 37.6 Å². The third-order valence-electron chi connectivity index (χ3n) is 2.69. The van der Waals surface area contributed by atoms with E-state index in [-0.39, 0.29) is 16.0 Å². The van der Waals surface area contributed by atoms with E-state index >= 15 is 0 Å². The van der Waals surface area contributed by atoms with Gasteiger partial charge in [0.05, 0.1) is 22.4 Å². The number of aromatic amines is 2. The Labute approximate surface area is 113 Å². The van der Waals surface area contributed by atoms with E-state index in [1.54, 1.807) is 0 Å². The summed E-state index contributed by atoms with van der Waals surface area (Å²) >= 11 is 0. The maximum Gasteiger partial charge on any atom is 0.331 e. The Hall–Kier alpha value is -3.51. The average molecular weight is 298 g/mol. The second kappa shape index (κ2) is 4.55. The van der Waals surface area contributed by atoms with Gasteiger partial charge < -0.3 is 4.98 Å². The number of rotatable bonds is 4. The van der Waals surface area contributed by atoms with Crippen LogP contribution >= 0.6 is 0 Å². The molecule has 2 rings (SSSR count). The molecule has 0 aliphatic heterocycles. The molecule has 110 valence electrons. The van der Waals surface area contributed by atoms with E-state index in [0.717, 1.165) is 13.1 Å². The minimum atomic E-state index is -1.05. The van der Waals surface area contributed by atoms with Crippen LogP contribution in [0.3, 0.4) is 0 Å². The van der Waals surface area contributed by atoms with E-state index in [9.17, 15) is 35.1 Å². The molecule has 0 aliphatic carbocycles. The molecular formula is C8H6N6O7. The molecule has 0 amide bonds. The van der Waals surface area contributed by atoms with Gasteiger partial charge in [0, 0.05) is 6.07 Å². The van der Waals surface area contributed by atoms with Crippen molar-refractivity contribution in [3.63, 3.8) is 0 Å². The largest absolute Gasteiger partial charge is 0.331 e. The molecule has 0 radical (unpaired) electrons. The Morgan fingerprint density at radius 3 is 2.19 bits per heavy atom. The lowest BCUT2D eigenvalue weighted by atomic mass is 10.2. The summed E-state index contributed by atoms with van der Waals surface area (Å²) in [5, 5.41) is 32.1. The first-order chi connectivity index (χ1) is 9.73. The predicted molar refractivity (Wildman–Crippen MR) is 67.6 cm³/mol. The molecule has 2 aromatic rings. The van der Waals surface area contributed by atoms with Gasteiger partial charge in [-0.2, -0.15) is 0 Å². The zero-order chi connectivity index (χ0) is 15.9. The van der Waals surface area contributed by atoms with Crippen molar-refractivity contribution in [2.75, 3.05) is 12.1 Å². The summed E-state index contributed by atoms with van der Waals surface area (Å²) < 4.78 is 0. The molecule has 0 bridgehead atoms. The molecule has 0 spiro atoms. The molecule has 0 unspecified atom stereocenters. The fraction of sp³-hybridized carbons (Fsp3) is 0.125. The molecule has 0 aliphatic rings. The van der Waals surface area contributed by atoms with Gasteiger partial charge in [0.2, 0.25) is 0 Å². The summed E-state index contributed by atoms with van der Waals surface area (Å²) in [5.74, 6) is 0. The van der Waals surface area contributed by atoms with E-state index in [2.05, 4.69) is 9.97 Å². The number of H-pyrrole nitrogens is 2. The third kappa shape index (κ3) is 2.11. The molecule has 0 saturated heterocycles. The first-order valence-corrected chi connectivity index (χ1v) is 5.19. The van der Waals surface area contributed by atoms with Gasteiger partial charge >= 0.3 is 17.1 Å². The average Bonchev–Trinajstić information content (AvgIpc) is 2.74. The van der Waals surface area contributed by atoms with Gasteiger partial charge in [0.1, 0.15) is 5.52 Å². The molecule has 0 saturated carbocycles. The lowest BCUT2D eigenvalue weighted by Gasteiger charge is -2.09. The summed E-state index contributed by atoms with van der Waals surface area (Å²) in [4.78, 5) is 46.3. The predicted octanol–water partition coefficient (Wildman–Crippen LogP) is 0.300. The lowest BCUT2D eigenvalue weighted by Crippen LogP contribution is -2.26. The van der Waals surface area contributed by atoms with E-state index in [1.807, 2.05) is 0 Å². The van der Waals surface area contributed by atoms with Gasteiger partial charge in [-0.15, -0.1) is 0 Å². The van der Waals surface area contributed by atoms with Crippen molar-refractivity contribution in [1.82, 2.24) is 9.97 Å². The van der Waals surface area contributed by atoms with Gasteiger partial charge in [-0.25, -0.2) is 14.9 Å². The van der Waals surface area contributed by atoms with Gasteiger partial charge in [-0.3, -0.25) is 25.2 Å². The zero-order valence-electron chi connectivity index (χ0n) is 10.2. The van der Waals surface area contributed by atoms with E-state index in [1.165, 1.54) is 0 Å². The molecule has 2 N–H and O–H groups in total. The van der Waals surface area contributed by atoms with Gasteiger partial charge in [0.15, 0.2) is 5.03 Å². The Kier molecular flexibility index (Phi) is 3.01. The minimum Gasteiger partial charge on any atom is -0.305 e. The molecule has 1 aromatic heterocycles. The van der Waals surface area contributed by atoms with Crippen molar-refractivity contribution in [2.24, 2.45) is 0 Å². The number of hydrogen-bond donors (Lipinski definition) is 2. The molecule has 0 atom stereocenters. The monoisotopic (exact) mass is 298 g/mol. The Morgan fingerprint density at radius 1 is 1.10 bits per heavy atom. The highest BCUT2D eigenvalue weighted by Crippen LogP contribution is 2.41.